The lowest BCUT2D eigenvalue weighted by atomic mass is 10.1. The first-order chi connectivity index (χ1) is 10.6. The normalized spacial score (nSPS) is 11.4. The van der Waals surface area contributed by atoms with Crippen LogP contribution in [0.2, 0.25) is 5.02 Å². The summed E-state index contributed by atoms with van der Waals surface area (Å²) in [6.45, 7) is 1.84. The zero-order valence-electron chi connectivity index (χ0n) is 12.2. The van der Waals surface area contributed by atoms with Crippen LogP contribution >= 0.6 is 11.6 Å². The Bertz CT molecular complexity index is 713. The maximum Gasteiger partial charge on any atom is 0.303 e. The van der Waals surface area contributed by atoms with Gasteiger partial charge in [-0.3, -0.25) is 9.69 Å². The molecule has 0 aliphatic heterocycles. The third kappa shape index (κ3) is 3.18. The number of terminal acetylenes is 1. The predicted octanol–water partition coefficient (Wildman–Crippen LogP) is 2.87. The average Bonchev–Trinajstić information content (AvgIpc) is 2.55. The Morgan fingerprint density at radius 1 is 1.41 bits per heavy atom. The van der Waals surface area contributed by atoms with Crippen molar-refractivity contribution in [2.45, 2.75) is 13.0 Å². The first-order valence-corrected chi connectivity index (χ1v) is 6.84. The molecule has 2 rings (SSSR count). The van der Waals surface area contributed by atoms with Gasteiger partial charge in [0.05, 0.1) is 18.2 Å². The molecule has 6 heteroatoms. The smallest absolute Gasteiger partial charge is 0.303 e. The van der Waals surface area contributed by atoms with Crippen molar-refractivity contribution in [2.75, 3.05) is 12.0 Å². The lowest BCUT2D eigenvalue weighted by Crippen LogP contribution is -2.32. The average molecular weight is 316 g/mol. The molecular weight excluding hydrogens is 302 g/mol. The van der Waals surface area contributed by atoms with Crippen LogP contribution in [0.4, 0.5) is 5.69 Å². The number of nitrogens with zero attached hydrogens (tertiary/aromatic N) is 3. The van der Waals surface area contributed by atoms with Crippen molar-refractivity contribution in [3.63, 3.8) is 0 Å². The van der Waals surface area contributed by atoms with E-state index in [2.05, 4.69) is 15.9 Å². The first kappa shape index (κ1) is 15.8. The number of hydrogen-bond donors (Lipinski definition) is 0. The van der Waals surface area contributed by atoms with Crippen LogP contribution in [0.5, 0.6) is 5.75 Å². The Morgan fingerprint density at radius 2 is 2.09 bits per heavy atom. The quantitative estimate of drug-likeness (QED) is 0.814. The Morgan fingerprint density at radius 3 is 2.64 bits per heavy atom. The molecule has 0 aliphatic carbocycles. The number of amides is 1. The SMILES string of the molecule is C#CC(=O)N(c1ccc(OC)c(Cl)c1)C(C)c1cncnc1. The largest absolute Gasteiger partial charge is 0.495 e. The summed E-state index contributed by atoms with van der Waals surface area (Å²) in [6.07, 6.45) is 9.99. The van der Waals surface area contributed by atoms with E-state index < -0.39 is 5.91 Å². The van der Waals surface area contributed by atoms with E-state index in [-0.39, 0.29) is 6.04 Å². The molecule has 1 amide bonds. The van der Waals surface area contributed by atoms with E-state index in [1.54, 1.807) is 30.6 Å². The van der Waals surface area contributed by atoms with E-state index in [9.17, 15) is 4.79 Å². The second kappa shape index (κ2) is 6.92. The van der Waals surface area contributed by atoms with Crippen molar-refractivity contribution in [1.82, 2.24) is 9.97 Å². The fraction of sp³-hybridized carbons (Fsp3) is 0.188. The Kier molecular flexibility index (Phi) is 4.97. The van der Waals surface area contributed by atoms with E-state index in [0.29, 0.717) is 16.5 Å². The zero-order chi connectivity index (χ0) is 16.1. The highest BCUT2D eigenvalue weighted by atomic mass is 35.5. The predicted molar refractivity (Wildman–Crippen MR) is 84.8 cm³/mol. The lowest BCUT2D eigenvalue weighted by Gasteiger charge is -2.27. The molecule has 112 valence electrons. The summed E-state index contributed by atoms with van der Waals surface area (Å²) in [5, 5.41) is 0.395. The van der Waals surface area contributed by atoms with Crippen molar-refractivity contribution < 1.29 is 9.53 Å². The second-order valence-electron chi connectivity index (χ2n) is 4.49. The molecule has 22 heavy (non-hydrogen) atoms. The number of rotatable bonds is 4. The van der Waals surface area contributed by atoms with E-state index in [1.165, 1.54) is 18.3 Å². The number of carbonyl (C=O) groups excluding carboxylic acids is 1. The van der Waals surface area contributed by atoms with Gasteiger partial charge in [0.1, 0.15) is 12.1 Å². The maximum atomic E-state index is 12.2. The molecule has 0 bridgehead atoms. The number of benzene rings is 1. The molecule has 0 spiro atoms. The number of ether oxygens (including phenoxy) is 1. The van der Waals surface area contributed by atoms with Gasteiger partial charge in [-0.2, -0.15) is 0 Å². The highest BCUT2D eigenvalue weighted by molar-refractivity contribution is 6.32. The minimum atomic E-state index is -0.474. The summed E-state index contributed by atoms with van der Waals surface area (Å²) in [6, 6.07) is 4.70. The standard InChI is InChI=1S/C16H14ClN3O2/c1-4-16(21)20(11(2)12-8-18-10-19-9-12)13-5-6-15(22-3)14(17)7-13/h1,5-11H,2-3H3. The molecule has 1 unspecified atom stereocenters. The van der Waals surface area contributed by atoms with E-state index in [4.69, 9.17) is 22.8 Å². The fourth-order valence-corrected chi connectivity index (χ4v) is 2.32. The van der Waals surface area contributed by atoms with Gasteiger partial charge >= 0.3 is 5.91 Å². The van der Waals surface area contributed by atoms with Crippen LogP contribution in [-0.4, -0.2) is 23.0 Å². The molecule has 0 fully saturated rings. The Balaban J connectivity index is 2.45. The summed E-state index contributed by atoms with van der Waals surface area (Å²) in [4.78, 5) is 21.6. The summed E-state index contributed by atoms with van der Waals surface area (Å²) in [7, 11) is 1.52. The Labute approximate surface area is 133 Å². The van der Waals surface area contributed by atoms with Crippen LogP contribution in [0.1, 0.15) is 18.5 Å². The maximum absolute atomic E-state index is 12.2. The molecule has 1 aromatic carbocycles. The number of carbonyl (C=O) groups is 1. The van der Waals surface area contributed by atoms with E-state index in [0.717, 1.165) is 5.56 Å². The monoisotopic (exact) mass is 315 g/mol. The van der Waals surface area contributed by atoms with Gasteiger partial charge in [0, 0.05) is 23.6 Å². The molecule has 1 heterocycles. The molecule has 0 saturated heterocycles. The molecule has 2 aromatic rings. The van der Waals surface area contributed by atoms with Crippen molar-refractivity contribution >= 4 is 23.2 Å². The van der Waals surface area contributed by atoms with Gasteiger partial charge in [0.15, 0.2) is 0 Å². The number of halogens is 1. The van der Waals surface area contributed by atoms with Crippen LogP contribution in [0.15, 0.2) is 36.9 Å². The molecule has 0 radical (unpaired) electrons. The summed E-state index contributed by atoms with van der Waals surface area (Å²) < 4.78 is 5.12. The molecular formula is C16H14ClN3O2. The summed E-state index contributed by atoms with van der Waals surface area (Å²) >= 11 is 6.13. The van der Waals surface area contributed by atoms with Crippen LogP contribution in [0.25, 0.3) is 0 Å². The topological polar surface area (TPSA) is 55.3 Å². The molecule has 0 saturated carbocycles. The third-order valence-corrected chi connectivity index (χ3v) is 3.50. The minimum absolute atomic E-state index is 0.339. The van der Waals surface area contributed by atoms with Gasteiger partial charge in [0.25, 0.3) is 0 Å². The van der Waals surface area contributed by atoms with Gasteiger partial charge < -0.3 is 4.74 Å². The molecule has 1 atom stereocenters. The number of methoxy groups -OCH3 is 1. The van der Waals surface area contributed by atoms with Crippen molar-refractivity contribution in [3.05, 3.63) is 47.5 Å². The van der Waals surface area contributed by atoms with Crippen LogP contribution in [0.3, 0.4) is 0 Å². The fourth-order valence-electron chi connectivity index (χ4n) is 2.07. The lowest BCUT2D eigenvalue weighted by molar-refractivity contribution is -0.113. The first-order valence-electron chi connectivity index (χ1n) is 6.46. The van der Waals surface area contributed by atoms with Gasteiger partial charge in [-0.05, 0) is 31.0 Å². The molecule has 1 aromatic heterocycles. The molecule has 0 N–H and O–H groups in total. The van der Waals surface area contributed by atoms with Crippen molar-refractivity contribution in [3.8, 4) is 18.1 Å². The Hall–Kier alpha value is -2.58. The van der Waals surface area contributed by atoms with Crippen LogP contribution in [0, 0.1) is 12.3 Å². The van der Waals surface area contributed by atoms with Gasteiger partial charge in [-0.15, -0.1) is 6.42 Å². The third-order valence-electron chi connectivity index (χ3n) is 3.21. The molecule has 0 aliphatic rings. The second-order valence-corrected chi connectivity index (χ2v) is 4.89. The van der Waals surface area contributed by atoms with Gasteiger partial charge in [0.2, 0.25) is 0 Å². The van der Waals surface area contributed by atoms with Gasteiger partial charge in [-0.25, -0.2) is 9.97 Å². The van der Waals surface area contributed by atoms with E-state index >= 15 is 0 Å². The zero-order valence-corrected chi connectivity index (χ0v) is 12.9. The summed E-state index contributed by atoms with van der Waals surface area (Å²) in [5.41, 5.74) is 1.34. The number of aromatic nitrogens is 2. The van der Waals surface area contributed by atoms with Gasteiger partial charge in [-0.1, -0.05) is 11.6 Å². The number of anilines is 1. The van der Waals surface area contributed by atoms with Crippen LogP contribution in [-0.2, 0) is 4.79 Å². The van der Waals surface area contributed by atoms with Crippen molar-refractivity contribution in [1.29, 1.82) is 0 Å². The molecule has 5 nitrogen and oxygen atoms in total. The minimum Gasteiger partial charge on any atom is -0.495 e. The summed E-state index contributed by atoms with van der Waals surface area (Å²) in [5.74, 6) is 2.18. The highest BCUT2D eigenvalue weighted by Crippen LogP contribution is 2.33. The van der Waals surface area contributed by atoms with E-state index in [1.807, 2.05) is 6.92 Å². The van der Waals surface area contributed by atoms with Crippen molar-refractivity contribution in [2.24, 2.45) is 0 Å². The van der Waals surface area contributed by atoms with Crippen LogP contribution < -0.4 is 9.64 Å². The highest BCUT2D eigenvalue weighted by Gasteiger charge is 2.23. The number of hydrogen-bond acceptors (Lipinski definition) is 4.